The number of esters is 1. The molecule has 2 aliphatic heterocycles. The summed E-state index contributed by atoms with van der Waals surface area (Å²) >= 11 is 13.9. The van der Waals surface area contributed by atoms with Crippen molar-refractivity contribution >= 4 is 58.8 Å². The van der Waals surface area contributed by atoms with Crippen LogP contribution in [0.5, 0.6) is 11.5 Å². The molecule has 1 amide bonds. The van der Waals surface area contributed by atoms with E-state index >= 15 is 4.39 Å². The van der Waals surface area contributed by atoms with E-state index in [-0.39, 0.29) is 46.2 Å². The van der Waals surface area contributed by atoms with Crippen LogP contribution in [-0.4, -0.2) is 68.0 Å². The number of piperidine rings is 1. The second-order valence-corrected chi connectivity index (χ2v) is 14.4. The number of carboxylic acid groups (broad SMARTS) is 1. The van der Waals surface area contributed by atoms with Crippen molar-refractivity contribution in [3.63, 3.8) is 0 Å². The van der Waals surface area contributed by atoms with Crippen LogP contribution in [0.1, 0.15) is 57.5 Å². The summed E-state index contributed by atoms with van der Waals surface area (Å²) in [6.45, 7) is -0.277. The number of anilines is 1. The SMILES string of the molecule is COc1ccc([C@H](Cc2c(Cl)c[n+]([O-])cc2Cl)OC(=O)c2ccc(CN(C(=O)OC3C[C@H]4CC[C@@H](C3)N4C)c3ccccc3F)s2)cc1OC.O=CO. The molecule has 0 spiro atoms. The van der Waals surface area contributed by atoms with Gasteiger partial charge in [-0.2, -0.15) is 4.73 Å². The maximum Gasteiger partial charge on any atom is 0.414 e. The van der Waals surface area contributed by atoms with E-state index in [9.17, 15) is 14.8 Å². The lowest BCUT2D eigenvalue weighted by Gasteiger charge is -2.36. The molecular formula is C37H38Cl2FN3O9S. The first-order chi connectivity index (χ1) is 25.5. The highest BCUT2D eigenvalue weighted by atomic mass is 35.5. The van der Waals surface area contributed by atoms with Crippen molar-refractivity contribution in [3.8, 4) is 11.5 Å². The van der Waals surface area contributed by atoms with Crippen molar-refractivity contribution in [3.05, 3.63) is 109 Å². The van der Waals surface area contributed by atoms with Crippen LogP contribution in [0.4, 0.5) is 14.9 Å². The van der Waals surface area contributed by atoms with Gasteiger partial charge in [-0.3, -0.25) is 9.69 Å². The maximum absolute atomic E-state index is 15.1. The van der Waals surface area contributed by atoms with E-state index in [4.69, 9.17) is 52.1 Å². The highest BCUT2D eigenvalue weighted by molar-refractivity contribution is 7.14. The van der Waals surface area contributed by atoms with Gasteiger partial charge in [-0.25, -0.2) is 14.0 Å². The van der Waals surface area contributed by atoms with Crippen molar-refractivity contribution < 1.29 is 47.6 Å². The Morgan fingerprint density at radius 2 is 1.70 bits per heavy atom. The fourth-order valence-corrected chi connectivity index (χ4v) is 8.17. The van der Waals surface area contributed by atoms with Crippen LogP contribution >= 0.6 is 34.5 Å². The summed E-state index contributed by atoms with van der Waals surface area (Å²) in [6.07, 6.45) is 4.17. The largest absolute Gasteiger partial charge is 0.619 e. The molecule has 2 aliphatic rings. The fraction of sp³-hybridized carbons (Fsp3) is 0.351. The van der Waals surface area contributed by atoms with E-state index in [0.29, 0.717) is 44.3 Å². The number of rotatable bonds is 11. The standard InChI is InChI=1S/C36H36Cl2FN3O7S.CH2O2/c1-40-22-9-10-23(40)16-24(15-22)48-36(44)42(30-7-5-4-6-29(30)39)18-25-11-13-34(50-25)35(43)49-32(17-26-27(37)19-41(45)20-28(26)38)21-8-12-31(46-2)33(14-21)47-3;2-1-3/h4-8,11-14,19-20,22-24,32H,9-10,15-18H2,1-3H3;1H,(H,2,3)/t22-,23+,24?,32-;/m0./s1. The summed E-state index contributed by atoms with van der Waals surface area (Å²) in [5.41, 5.74) is 1.06. The molecule has 53 heavy (non-hydrogen) atoms. The van der Waals surface area contributed by atoms with Crippen molar-refractivity contribution in [2.45, 2.75) is 62.9 Å². The first-order valence-corrected chi connectivity index (χ1v) is 18.1. The van der Waals surface area contributed by atoms with E-state index in [1.54, 1.807) is 42.5 Å². The Kier molecular flexibility index (Phi) is 13.4. The van der Waals surface area contributed by atoms with E-state index < -0.39 is 24.0 Å². The first kappa shape index (κ1) is 39.6. The zero-order valence-corrected chi connectivity index (χ0v) is 31.4. The molecule has 16 heteroatoms. The van der Waals surface area contributed by atoms with Gasteiger partial charge in [0, 0.05) is 41.8 Å². The summed E-state index contributed by atoms with van der Waals surface area (Å²) in [7, 11) is 5.11. The summed E-state index contributed by atoms with van der Waals surface area (Å²) in [6, 6.07) is 15.1. The Balaban J connectivity index is 0.00000175. The first-order valence-electron chi connectivity index (χ1n) is 16.6. The van der Waals surface area contributed by atoms with Crippen molar-refractivity contribution in [1.82, 2.24) is 4.90 Å². The molecule has 1 N–H and O–H groups in total. The number of methoxy groups -OCH3 is 2. The summed E-state index contributed by atoms with van der Waals surface area (Å²) in [5.74, 6) is -0.318. The third kappa shape index (κ3) is 9.49. The second-order valence-electron chi connectivity index (χ2n) is 12.4. The number of hydrogen-bond acceptors (Lipinski definition) is 10. The number of fused-ring (bicyclic) bond motifs is 2. The number of para-hydroxylation sites is 1. The third-order valence-electron chi connectivity index (χ3n) is 9.34. The number of carbonyl (C=O) groups is 3. The minimum absolute atomic E-state index is 0.0271. The molecule has 1 unspecified atom stereocenters. The number of thiophene rings is 1. The zero-order valence-electron chi connectivity index (χ0n) is 29.1. The number of aromatic nitrogens is 1. The molecule has 2 fully saturated rings. The lowest BCUT2D eigenvalue weighted by molar-refractivity contribution is -0.605. The number of nitrogens with zero attached hydrogens (tertiary/aromatic N) is 3. The van der Waals surface area contributed by atoms with Crippen LogP contribution in [0, 0.1) is 11.0 Å². The van der Waals surface area contributed by atoms with Gasteiger partial charge >= 0.3 is 12.1 Å². The van der Waals surface area contributed by atoms with Gasteiger partial charge in [0.25, 0.3) is 6.47 Å². The average molecular weight is 791 g/mol. The number of carbonyl (C=O) groups excluding carboxylic acids is 2. The molecule has 4 aromatic rings. The molecule has 0 saturated carbocycles. The summed E-state index contributed by atoms with van der Waals surface area (Å²) < 4.78 is 38.4. The van der Waals surface area contributed by atoms with E-state index in [0.717, 1.165) is 37.0 Å². The number of benzene rings is 2. The van der Waals surface area contributed by atoms with E-state index in [1.807, 2.05) is 0 Å². The molecule has 12 nitrogen and oxygen atoms in total. The molecule has 0 radical (unpaired) electrons. The highest BCUT2D eigenvalue weighted by Crippen LogP contribution is 2.38. The Bertz CT molecular complexity index is 1890. The van der Waals surface area contributed by atoms with Crippen LogP contribution < -0.4 is 19.1 Å². The van der Waals surface area contributed by atoms with Crippen LogP contribution in [-0.2, 0) is 27.2 Å². The molecule has 2 aromatic carbocycles. The minimum Gasteiger partial charge on any atom is -0.619 e. The number of amides is 1. The van der Waals surface area contributed by atoms with Gasteiger partial charge in [-0.15, -0.1) is 11.3 Å². The van der Waals surface area contributed by atoms with Crippen molar-refractivity contribution in [1.29, 1.82) is 0 Å². The normalized spacial score (nSPS) is 18.3. The van der Waals surface area contributed by atoms with E-state index in [1.165, 1.54) is 43.6 Å². The van der Waals surface area contributed by atoms with Crippen LogP contribution in [0.2, 0.25) is 10.0 Å². The van der Waals surface area contributed by atoms with E-state index in [2.05, 4.69) is 11.9 Å². The topological polar surface area (TPSA) is 142 Å². The lowest BCUT2D eigenvalue weighted by Crippen LogP contribution is -2.45. The minimum atomic E-state index is -0.903. The lowest BCUT2D eigenvalue weighted by atomic mass is 10.0. The molecule has 2 bridgehead atoms. The van der Waals surface area contributed by atoms with Gasteiger partial charge in [-0.05, 0) is 61.9 Å². The number of halogens is 3. The molecule has 2 aromatic heterocycles. The smallest absolute Gasteiger partial charge is 0.414 e. The van der Waals surface area contributed by atoms with Crippen LogP contribution in [0.25, 0.3) is 0 Å². The van der Waals surface area contributed by atoms with Crippen LogP contribution in [0.3, 0.4) is 0 Å². The molecule has 282 valence electrons. The molecule has 6 rings (SSSR count). The number of ether oxygens (including phenoxy) is 4. The summed E-state index contributed by atoms with van der Waals surface area (Å²) in [4.78, 5) is 40.2. The van der Waals surface area contributed by atoms with Crippen molar-refractivity contribution in [2.24, 2.45) is 0 Å². The Hall–Kier alpha value is -4.63. The third-order valence-corrected chi connectivity index (χ3v) is 11.0. The zero-order chi connectivity index (χ0) is 38.2. The van der Waals surface area contributed by atoms with Gasteiger partial charge in [0.05, 0.1) is 26.5 Å². The van der Waals surface area contributed by atoms with Gasteiger partial charge in [-0.1, -0.05) is 41.4 Å². The predicted molar refractivity (Wildman–Crippen MR) is 196 cm³/mol. The van der Waals surface area contributed by atoms with Gasteiger partial charge < -0.3 is 34.2 Å². The Morgan fingerprint density at radius 3 is 2.32 bits per heavy atom. The number of pyridine rings is 1. The second kappa shape index (κ2) is 17.9. The maximum atomic E-state index is 15.1. The van der Waals surface area contributed by atoms with Crippen molar-refractivity contribution in [2.75, 3.05) is 26.2 Å². The average Bonchev–Trinajstić information content (AvgIpc) is 3.67. The molecule has 2 saturated heterocycles. The molecule has 4 atom stereocenters. The molecular weight excluding hydrogens is 752 g/mol. The number of hydrogen-bond donors (Lipinski definition) is 1. The highest BCUT2D eigenvalue weighted by Gasteiger charge is 2.40. The fourth-order valence-electron chi connectivity index (χ4n) is 6.69. The van der Waals surface area contributed by atoms with Gasteiger partial charge in [0.2, 0.25) is 0 Å². The van der Waals surface area contributed by atoms with Gasteiger partial charge in [0.15, 0.2) is 23.9 Å². The molecule has 0 aliphatic carbocycles. The Labute approximate surface area is 319 Å². The van der Waals surface area contributed by atoms with Crippen LogP contribution in [0.15, 0.2) is 67.0 Å². The predicted octanol–water partition coefficient (Wildman–Crippen LogP) is 7.45. The van der Waals surface area contributed by atoms with Gasteiger partial charge in [0.1, 0.15) is 32.9 Å². The quantitative estimate of drug-likeness (QED) is 0.0705. The molecule has 4 heterocycles. The summed E-state index contributed by atoms with van der Waals surface area (Å²) in [5, 5.41) is 19.0. The Morgan fingerprint density at radius 1 is 1.06 bits per heavy atom. The monoisotopic (exact) mass is 789 g/mol.